The standard InChI is InChI=1S/C12H7F4N2/c1-7-4-8(6-9(5-7)12(14,15)16)11-17-3-2-10(13)18-11/h2-6H,1H2. The first-order valence-corrected chi connectivity index (χ1v) is 4.89. The number of nitrogens with zero attached hydrogens (tertiary/aromatic N) is 2. The first kappa shape index (κ1) is 12.5. The van der Waals surface area contributed by atoms with Gasteiger partial charge >= 0.3 is 6.18 Å². The van der Waals surface area contributed by atoms with E-state index in [2.05, 4.69) is 16.9 Å². The lowest BCUT2D eigenvalue weighted by atomic mass is 10.1. The molecule has 93 valence electrons. The van der Waals surface area contributed by atoms with E-state index < -0.39 is 17.7 Å². The largest absolute Gasteiger partial charge is 0.416 e. The molecule has 0 aliphatic heterocycles. The van der Waals surface area contributed by atoms with Crippen LogP contribution in [0.2, 0.25) is 0 Å². The number of aromatic nitrogens is 2. The van der Waals surface area contributed by atoms with Crippen molar-refractivity contribution < 1.29 is 17.6 Å². The second-order valence-electron chi connectivity index (χ2n) is 3.62. The maximum absolute atomic E-state index is 12.9. The van der Waals surface area contributed by atoms with E-state index in [4.69, 9.17) is 0 Å². The molecule has 0 saturated heterocycles. The molecule has 0 aliphatic rings. The summed E-state index contributed by atoms with van der Waals surface area (Å²) >= 11 is 0. The van der Waals surface area contributed by atoms with Crippen LogP contribution in [-0.4, -0.2) is 9.97 Å². The Morgan fingerprint density at radius 1 is 1.11 bits per heavy atom. The van der Waals surface area contributed by atoms with E-state index >= 15 is 0 Å². The molecule has 2 nitrogen and oxygen atoms in total. The Hall–Kier alpha value is -1.98. The van der Waals surface area contributed by atoms with Gasteiger partial charge in [-0.15, -0.1) is 0 Å². The molecule has 6 heteroatoms. The first-order chi connectivity index (χ1) is 8.36. The van der Waals surface area contributed by atoms with E-state index in [-0.39, 0.29) is 17.0 Å². The summed E-state index contributed by atoms with van der Waals surface area (Å²) in [5.74, 6) is -0.908. The van der Waals surface area contributed by atoms with Gasteiger partial charge < -0.3 is 0 Å². The van der Waals surface area contributed by atoms with Gasteiger partial charge in [0.25, 0.3) is 0 Å². The Kier molecular flexibility index (Phi) is 3.02. The van der Waals surface area contributed by atoms with Crippen molar-refractivity contribution in [1.82, 2.24) is 9.97 Å². The van der Waals surface area contributed by atoms with Crippen molar-refractivity contribution in [3.05, 3.63) is 54.5 Å². The third kappa shape index (κ3) is 2.64. The zero-order chi connectivity index (χ0) is 13.3. The summed E-state index contributed by atoms with van der Waals surface area (Å²) in [4.78, 5) is 7.16. The van der Waals surface area contributed by atoms with Gasteiger partial charge in [0.1, 0.15) is 0 Å². The molecule has 0 amide bonds. The normalized spacial score (nSPS) is 11.6. The van der Waals surface area contributed by atoms with E-state index in [9.17, 15) is 17.6 Å². The van der Waals surface area contributed by atoms with Crippen molar-refractivity contribution >= 4 is 0 Å². The fourth-order valence-electron chi connectivity index (χ4n) is 1.46. The van der Waals surface area contributed by atoms with Crippen LogP contribution in [0.5, 0.6) is 0 Å². The van der Waals surface area contributed by atoms with Crippen molar-refractivity contribution in [3.8, 4) is 11.4 Å². The molecule has 18 heavy (non-hydrogen) atoms. The molecule has 0 N–H and O–H groups in total. The van der Waals surface area contributed by atoms with E-state index in [0.29, 0.717) is 0 Å². The minimum Gasteiger partial charge on any atom is -0.236 e. The molecule has 2 aromatic rings. The molecule has 1 aromatic heterocycles. The van der Waals surface area contributed by atoms with Gasteiger partial charge in [-0.3, -0.25) is 0 Å². The van der Waals surface area contributed by atoms with Crippen LogP contribution in [0, 0.1) is 12.9 Å². The number of halogens is 4. The minimum absolute atomic E-state index is 0.0781. The molecular weight excluding hydrogens is 248 g/mol. The molecule has 0 spiro atoms. The van der Waals surface area contributed by atoms with Crippen LogP contribution in [0.4, 0.5) is 17.6 Å². The third-order valence-electron chi connectivity index (χ3n) is 2.20. The third-order valence-corrected chi connectivity index (χ3v) is 2.20. The van der Waals surface area contributed by atoms with Gasteiger partial charge in [0.15, 0.2) is 5.82 Å². The minimum atomic E-state index is -4.49. The molecular formula is C12H7F4N2. The Morgan fingerprint density at radius 2 is 1.83 bits per heavy atom. The van der Waals surface area contributed by atoms with Gasteiger partial charge in [0.05, 0.1) is 5.56 Å². The Balaban J connectivity index is 2.55. The summed E-state index contributed by atoms with van der Waals surface area (Å²) in [5, 5.41) is 0. The number of hydrogen-bond acceptors (Lipinski definition) is 2. The van der Waals surface area contributed by atoms with Crippen LogP contribution < -0.4 is 0 Å². The average molecular weight is 255 g/mol. The smallest absolute Gasteiger partial charge is 0.236 e. The van der Waals surface area contributed by atoms with Crippen LogP contribution in [0.3, 0.4) is 0 Å². The molecule has 0 atom stereocenters. The lowest BCUT2D eigenvalue weighted by Crippen LogP contribution is -2.06. The summed E-state index contributed by atoms with van der Waals surface area (Å²) in [6.45, 7) is 3.45. The van der Waals surface area contributed by atoms with Gasteiger partial charge in [-0.25, -0.2) is 4.98 Å². The average Bonchev–Trinajstić information content (AvgIpc) is 2.27. The Bertz CT molecular complexity index is 579. The molecule has 0 aliphatic carbocycles. The molecule has 0 unspecified atom stereocenters. The van der Waals surface area contributed by atoms with E-state index in [0.717, 1.165) is 24.4 Å². The van der Waals surface area contributed by atoms with E-state index in [1.807, 2.05) is 0 Å². The topological polar surface area (TPSA) is 25.8 Å². The fraction of sp³-hybridized carbons (Fsp3) is 0.0833. The number of hydrogen-bond donors (Lipinski definition) is 0. The zero-order valence-corrected chi connectivity index (χ0v) is 9.00. The van der Waals surface area contributed by atoms with E-state index in [1.54, 1.807) is 0 Å². The fourth-order valence-corrected chi connectivity index (χ4v) is 1.46. The molecule has 1 radical (unpaired) electrons. The van der Waals surface area contributed by atoms with Crippen LogP contribution >= 0.6 is 0 Å². The number of benzene rings is 1. The van der Waals surface area contributed by atoms with Crippen molar-refractivity contribution in [1.29, 1.82) is 0 Å². The Labute approximate surface area is 100 Å². The lowest BCUT2D eigenvalue weighted by molar-refractivity contribution is -0.137. The SMILES string of the molecule is [CH2]c1cc(-c2nccc(F)n2)cc(C(F)(F)F)c1. The van der Waals surface area contributed by atoms with Crippen molar-refractivity contribution in [3.63, 3.8) is 0 Å². The Morgan fingerprint density at radius 3 is 2.44 bits per heavy atom. The van der Waals surface area contributed by atoms with Gasteiger partial charge in [-0.1, -0.05) is 0 Å². The van der Waals surface area contributed by atoms with Crippen molar-refractivity contribution in [2.75, 3.05) is 0 Å². The van der Waals surface area contributed by atoms with Gasteiger partial charge in [0, 0.05) is 17.8 Å². The summed E-state index contributed by atoms with van der Waals surface area (Å²) in [5.41, 5.74) is -0.625. The monoisotopic (exact) mass is 255 g/mol. The van der Waals surface area contributed by atoms with Gasteiger partial charge in [0.2, 0.25) is 5.95 Å². The maximum atomic E-state index is 12.9. The number of rotatable bonds is 1. The molecule has 1 heterocycles. The highest BCUT2D eigenvalue weighted by Crippen LogP contribution is 2.32. The van der Waals surface area contributed by atoms with Crippen LogP contribution in [0.15, 0.2) is 30.5 Å². The van der Waals surface area contributed by atoms with Crippen molar-refractivity contribution in [2.45, 2.75) is 6.18 Å². The maximum Gasteiger partial charge on any atom is 0.416 e. The summed E-state index contributed by atoms with van der Waals surface area (Å²) in [6.07, 6.45) is -3.35. The van der Waals surface area contributed by atoms with Crippen LogP contribution in [-0.2, 0) is 6.18 Å². The highest BCUT2D eigenvalue weighted by atomic mass is 19.4. The summed E-state index contributed by atoms with van der Waals surface area (Å²) in [6, 6.07) is 4.15. The molecule has 0 saturated carbocycles. The van der Waals surface area contributed by atoms with Crippen LogP contribution in [0.1, 0.15) is 11.1 Å². The summed E-state index contributed by atoms with van der Waals surface area (Å²) < 4.78 is 50.7. The van der Waals surface area contributed by atoms with Gasteiger partial charge in [-0.05, 0) is 30.7 Å². The zero-order valence-electron chi connectivity index (χ0n) is 9.00. The highest BCUT2D eigenvalue weighted by molar-refractivity contribution is 5.58. The molecule has 1 aromatic carbocycles. The lowest BCUT2D eigenvalue weighted by Gasteiger charge is -2.09. The van der Waals surface area contributed by atoms with E-state index in [1.165, 1.54) is 6.07 Å². The summed E-state index contributed by atoms with van der Waals surface area (Å²) in [7, 11) is 0. The second-order valence-corrected chi connectivity index (χ2v) is 3.62. The second kappa shape index (κ2) is 4.36. The molecule has 2 rings (SSSR count). The molecule has 0 bridgehead atoms. The number of alkyl halides is 3. The predicted molar refractivity (Wildman–Crippen MR) is 56.9 cm³/mol. The van der Waals surface area contributed by atoms with Crippen LogP contribution in [0.25, 0.3) is 11.4 Å². The molecule has 0 fully saturated rings. The predicted octanol–water partition coefficient (Wildman–Crippen LogP) is 3.48. The first-order valence-electron chi connectivity index (χ1n) is 4.89. The highest BCUT2D eigenvalue weighted by Gasteiger charge is 2.31. The van der Waals surface area contributed by atoms with Gasteiger partial charge in [-0.2, -0.15) is 22.5 Å². The quantitative estimate of drug-likeness (QED) is 0.576. The van der Waals surface area contributed by atoms with Crippen molar-refractivity contribution in [2.24, 2.45) is 0 Å².